The van der Waals surface area contributed by atoms with E-state index in [4.69, 9.17) is 4.42 Å². The maximum atomic E-state index is 10.7. The molecule has 3 aromatic rings. The van der Waals surface area contributed by atoms with Crippen LogP contribution in [-0.2, 0) is 0 Å². The van der Waals surface area contributed by atoms with E-state index in [0.717, 1.165) is 23.1 Å². The molecule has 0 aliphatic rings. The Labute approximate surface area is 148 Å². The Morgan fingerprint density at radius 1 is 0.880 bits per heavy atom. The molecule has 0 spiro atoms. The van der Waals surface area contributed by atoms with Crippen LogP contribution in [0.2, 0.25) is 0 Å². The third kappa shape index (κ3) is 4.09. The summed E-state index contributed by atoms with van der Waals surface area (Å²) in [5, 5.41) is 10.7. The second kappa shape index (κ2) is 8.19. The molecule has 0 saturated heterocycles. The first-order valence-electron chi connectivity index (χ1n) is 8.36. The number of hydrogen-bond donors (Lipinski definition) is 1. The molecule has 0 aliphatic heterocycles. The number of allylic oxidation sites excluding steroid dienone is 1. The van der Waals surface area contributed by atoms with Crippen molar-refractivity contribution in [3.8, 4) is 0 Å². The number of hydrogen-bond acceptors (Lipinski definition) is 2. The van der Waals surface area contributed by atoms with Gasteiger partial charge in [-0.1, -0.05) is 79.0 Å². The summed E-state index contributed by atoms with van der Waals surface area (Å²) < 4.78 is 5.37. The minimum Gasteiger partial charge on any atom is -0.466 e. The molecule has 1 heterocycles. The van der Waals surface area contributed by atoms with Gasteiger partial charge in [0.2, 0.25) is 0 Å². The highest BCUT2D eigenvalue weighted by Crippen LogP contribution is 2.29. The van der Waals surface area contributed by atoms with Gasteiger partial charge in [0, 0.05) is 11.1 Å². The van der Waals surface area contributed by atoms with Gasteiger partial charge in [-0.15, -0.1) is 0 Å². The number of aliphatic hydroxyl groups excluding tert-OH is 1. The van der Waals surface area contributed by atoms with Crippen LogP contribution in [0.4, 0.5) is 0 Å². The van der Waals surface area contributed by atoms with Crippen molar-refractivity contribution in [1.29, 1.82) is 0 Å². The highest BCUT2D eigenvalue weighted by atomic mass is 16.4. The number of rotatable bonds is 5. The van der Waals surface area contributed by atoms with Gasteiger partial charge < -0.3 is 9.52 Å². The third-order valence-corrected chi connectivity index (χ3v) is 3.99. The predicted octanol–water partition coefficient (Wildman–Crippen LogP) is 5.64. The first-order chi connectivity index (χ1) is 12.3. The van der Waals surface area contributed by atoms with E-state index in [-0.39, 0.29) is 0 Å². The van der Waals surface area contributed by atoms with E-state index in [1.54, 1.807) is 18.4 Å². The maximum absolute atomic E-state index is 10.7. The molecule has 0 amide bonds. The van der Waals surface area contributed by atoms with Gasteiger partial charge in [-0.25, -0.2) is 0 Å². The van der Waals surface area contributed by atoms with Crippen LogP contribution in [0.25, 0.3) is 11.1 Å². The molecule has 1 N–H and O–H groups in total. The Hall–Kier alpha value is -3.02. The van der Waals surface area contributed by atoms with Gasteiger partial charge in [0.05, 0.1) is 6.26 Å². The molecule has 25 heavy (non-hydrogen) atoms. The molecule has 1 aromatic heterocycles. The molecule has 2 nitrogen and oxygen atoms in total. The summed E-state index contributed by atoms with van der Waals surface area (Å²) in [5.41, 5.74) is 10.1. The van der Waals surface area contributed by atoms with Crippen LogP contribution in [0.3, 0.4) is 0 Å². The van der Waals surface area contributed by atoms with Crippen LogP contribution < -0.4 is 0 Å². The smallest absolute Gasteiger partial charge is 0.145 e. The fourth-order valence-corrected chi connectivity index (χ4v) is 2.65. The van der Waals surface area contributed by atoms with Crippen molar-refractivity contribution in [1.82, 2.24) is 0 Å². The molecular weight excluding hydrogens is 308 g/mol. The first kappa shape index (κ1) is 16.8. The summed E-state index contributed by atoms with van der Waals surface area (Å²) in [5.74, 6) is 0.492. The van der Waals surface area contributed by atoms with Crippen molar-refractivity contribution in [2.24, 2.45) is 0 Å². The predicted molar refractivity (Wildman–Crippen MR) is 101 cm³/mol. The van der Waals surface area contributed by atoms with Gasteiger partial charge in [-0.2, -0.15) is 0 Å². The lowest BCUT2D eigenvalue weighted by Gasteiger charge is -2.10. The molecule has 0 saturated carbocycles. The molecule has 3 rings (SSSR count). The van der Waals surface area contributed by atoms with Crippen molar-refractivity contribution in [3.05, 3.63) is 107 Å². The van der Waals surface area contributed by atoms with Crippen LogP contribution in [0, 0.1) is 0 Å². The molecule has 0 aliphatic carbocycles. The zero-order chi connectivity index (χ0) is 17.5. The van der Waals surface area contributed by atoms with E-state index in [1.165, 1.54) is 0 Å². The Morgan fingerprint density at radius 3 is 2.08 bits per heavy atom. The van der Waals surface area contributed by atoms with Crippen LogP contribution >= 0.6 is 0 Å². The normalized spacial score (nSPS) is 11.3. The molecule has 2 heteroatoms. The minimum absolute atomic E-state index is 0.492. The van der Waals surface area contributed by atoms with E-state index < -0.39 is 6.10 Å². The van der Waals surface area contributed by atoms with Gasteiger partial charge in [-0.3, -0.25) is 0 Å². The van der Waals surface area contributed by atoms with Gasteiger partial charge in [0.15, 0.2) is 0 Å². The standard InChI is InChI=1S/C23H20O2/c1-2-18(19-10-5-3-6-11-19)15-16-21(20-12-7-4-8-13-20)23(24)22-14-9-17-25-22/h3-14,17,23-24H,2H2,1H3. The molecule has 124 valence electrons. The van der Waals surface area contributed by atoms with E-state index >= 15 is 0 Å². The van der Waals surface area contributed by atoms with Crippen LogP contribution in [0.1, 0.15) is 36.3 Å². The molecule has 0 fully saturated rings. The molecular formula is C23H20O2. The van der Waals surface area contributed by atoms with Gasteiger partial charge >= 0.3 is 0 Å². The average molecular weight is 328 g/mol. The Kier molecular flexibility index (Phi) is 5.51. The van der Waals surface area contributed by atoms with E-state index in [2.05, 4.69) is 30.5 Å². The second-order valence-electron chi connectivity index (χ2n) is 5.65. The lowest BCUT2D eigenvalue weighted by molar-refractivity contribution is 0.206. The highest BCUT2D eigenvalue weighted by Gasteiger charge is 2.17. The van der Waals surface area contributed by atoms with Crippen LogP contribution in [0.15, 0.2) is 94.9 Å². The highest BCUT2D eigenvalue weighted by molar-refractivity contribution is 5.71. The SMILES string of the molecule is CCC(=C=C=C(c1ccccc1)C(O)c1ccco1)c1ccccc1. The first-order valence-corrected chi connectivity index (χ1v) is 8.36. The van der Waals surface area contributed by atoms with Crippen molar-refractivity contribution < 1.29 is 9.52 Å². The molecule has 1 atom stereocenters. The fourth-order valence-electron chi connectivity index (χ4n) is 2.65. The van der Waals surface area contributed by atoms with Gasteiger partial charge in [-0.05, 0) is 29.7 Å². The lowest BCUT2D eigenvalue weighted by atomic mass is 9.99. The summed E-state index contributed by atoms with van der Waals surface area (Å²) in [6.45, 7) is 2.09. The quantitative estimate of drug-likeness (QED) is 0.614. The topological polar surface area (TPSA) is 33.4 Å². The van der Waals surface area contributed by atoms with Gasteiger partial charge in [0.25, 0.3) is 0 Å². The van der Waals surface area contributed by atoms with Crippen LogP contribution in [0.5, 0.6) is 0 Å². The minimum atomic E-state index is -0.890. The van der Waals surface area contributed by atoms with Crippen molar-refractivity contribution in [3.63, 3.8) is 0 Å². The summed E-state index contributed by atoms with van der Waals surface area (Å²) in [7, 11) is 0. The average Bonchev–Trinajstić information content (AvgIpc) is 3.21. The van der Waals surface area contributed by atoms with E-state index in [1.807, 2.05) is 48.5 Å². The Morgan fingerprint density at radius 2 is 1.52 bits per heavy atom. The largest absolute Gasteiger partial charge is 0.466 e. The monoisotopic (exact) mass is 328 g/mol. The van der Waals surface area contributed by atoms with E-state index in [9.17, 15) is 5.11 Å². The van der Waals surface area contributed by atoms with Crippen molar-refractivity contribution >= 4 is 11.1 Å². The Bertz CT molecular complexity index is 893. The van der Waals surface area contributed by atoms with Crippen molar-refractivity contribution in [2.45, 2.75) is 19.4 Å². The van der Waals surface area contributed by atoms with Crippen LogP contribution in [-0.4, -0.2) is 5.11 Å². The fraction of sp³-hybridized carbons (Fsp3) is 0.130. The van der Waals surface area contributed by atoms with Crippen molar-refractivity contribution in [2.75, 3.05) is 0 Å². The molecule has 1 unspecified atom stereocenters. The van der Waals surface area contributed by atoms with E-state index in [0.29, 0.717) is 11.3 Å². The zero-order valence-electron chi connectivity index (χ0n) is 14.1. The number of aliphatic hydroxyl groups is 1. The zero-order valence-corrected chi connectivity index (χ0v) is 14.1. The van der Waals surface area contributed by atoms with Gasteiger partial charge in [0.1, 0.15) is 11.9 Å². The molecule has 0 radical (unpaired) electrons. The summed E-state index contributed by atoms with van der Waals surface area (Å²) in [4.78, 5) is 0. The number of furan rings is 1. The maximum Gasteiger partial charge on any atom is 0.145 e. The lowest BCUT2D eigenvalue weighted by Crippen LogP contribution is -1.98. The summed E-state index contributed by atoms with van der Waals surface area (Å²) in [6, 6.07) is 23.4. The second-order valence-corrected chi connectivity index (χ2v) is 5.65. The third-order valence-electron chi connectivity index (χ3n) is 3.99. The summed E-state index contributed by atoms with van der Waals surface area (Å²) >= 11 is 0. The number of benzene rings is 2. The summed E-state index contributed by atoms with van der Waals surface area (Å²) in [6.07, 6.45) is 1.50. The Balaban J connectivity index is 2.16. The molecule has 2 aromatic carbocycles. The molecule has 0 bridgehead atoms.